The molecule has 1 heterocycles. The molecule has 2 rings (SSSR count). The van der Waals surface area contributed by atoms with Crippen LogP contribution in [0.2, 0.25) is 0 Å². The van der Waals surface area contributed by atoms with Gasteiger partial charge >= 0.3 is 0 Å². The standard InChI is InChI=1S/C11H15NO3/c1-8-3-6-15-9(8)10(14)12-11(7-13)4-2-5-11/h3,6,13H,2,4-5,7H2,1H3,(H,12,14). The third-order valence-corrected chi connectivity index (χ3v) is 3.06. The first-order valence-electron chi connectivity index (χ1n) is 5.14. The number of amides is 1. The number of carbonyl (C=O) groups is 1. The molecule has 1 fully saturated rings. The fraction of sp³-hybridized carbons (Fsp3) is 0.545. The molecule has 1 aliphatic carbocycles. The predicted molar refractivity (Wildman–Crippen MR) is 54.6 cm³/mol. The average Bonchev–Trinajstić information content (AvgIpc) is 2.58. The molecule has 1 aliphatic rings. The van der Waals surface area contributed by atoms with Crippen LogP contribution in [-0.4, -0.2) is 23.2 Å². The minimum absolute atomic E-state index is 0.00149. The molecule has 1 saturated carbocycles. The van der Waals surface area contributed by atoms with Crippen molar-refractivity contribution in [3.05, 3.63) is 23.7 Å². The van der Waals surface area contributed by atoms with Crippen molar-refractivity contribution in [2.45, 2.75) is 31.7 Å². The van der Waals surface area contributed by atoms with E-state index in [0.29, 0.717) is 5.76 Å². The zero-order valence-electron chi connectivity index (χ0n) is 8.75. The van der Waals surface area contributed by atoms with Gasteiger partial charge in [-0.25, -0.2) is 0 Å². The molecule has 0 spiro atoms. The second-order valence-electron chi connectivity index (χ2n) is 4.18. The molecular formula is C11H15NO3. The Balaban J connectivity index is 2.07. The van der Waals surface area contributed by atoms with Gasteiger partial charge in [0.05, 0.1) is 18.4 Å². The molecular weight excluding hydrogens is 194 g/mol. The highest BCUT2D eigenvalue weighted by atomic mass is 16.3. The van der Waals surface area contributed by atoms with E-state index in [1.165, 1.54) is 6.26 Å². The van der Waals surface area contributed by atoms with Crippen LogP contribution in [0.3, 0.4) is 0 Å². The summed E-state index contributed by atoms with van der Waals surface area (Å²) in [7, 11) is 0. The molecule has 0 radical (unpaired) electrons. The summed E-state index contributed by atoms with van der Waals surface area (Å²) in [4.78, 5) is 11.8. The van der Waals surface area contributed by atoms with E-state index in [1.54, 1.807) is 6.07 Å². The van der Waals surface area contributed by atoms with Crippen LogP contribution in [0.15, 0.2) is 16.7 Å². The van der Waals surface area contributed by atoms with Gasteiger partial charge in [-0.3, -0.25) is 4.79 Å². The lowest BCUT2D eigenvalue weighted by molar-refractivity contribution is 0.0619. The molecule has 0 bridgehead atoms. The Labute approximate surface area is 88.3 Å². The Kier molecular flexibility index (Phi) is 2.52. The van der Waals surface area contributed by atoms with E-state index in [0.717, 1.165) is 24.8 Å². The third-order valence-electron chi connectivity index (χ3n) is 3.06. The minimum atomic E-state index is -0.406. The lowest BCUT2D eigenvalue weighted by Crippen LogP contribution is -2.56. The van der Waals surface area contributed by atoms with Gasteiger partial charge in [-0.05, 0) is 32.3 Å². The van der Waals surface area contributed by atoms with Gasteiger partial charge in [-0.2, -0.15) is 0 Å². The summed E-state index contributed by atoms with van der Waals surface area (Å²) in [5, 5.41) is 12.0. The normalized spacial score (nSPS) is 18.3. The Morgan fingerprint density at radius 3 is 2.80 bits per heavy atom. The van der Waals surface area contributed by atoms with Crippen LogP contribution < -0.4 is 5.32 Å². The first-order chi connectivity index (χ1) is 7.17. The fourth-order valence-electron chi connectivity index (χ4n) is 1.83. The Hall–Kier alpha value is -1.29. The highest BCUT2D eigenvalue weighted by molar-refractivity contribution is 5.93. The van der Waals surface area contributed by atoms with E-state index in [9.17, 15) is 9.90 Å². The Morgan fingerprint density at radius 1 is 1.67 bits per heavy atom. The maximum atomic E-state index is 11.8. The molecule has 4 nitrogen and oxygen atoms in total. The summed E-state index contributed by atoms with van der Waals surface area (Å²) in [6.45, 7) is 1.82. The quantitative estimate of drug-likeness (QED) is 0.787. The SMILES string of the molecule is Cc1ccoc1C(=O)NC1(CO)CCC1. The van der Waals surface area contributed by atoms with E-state index in [-0.39, 0.29) is 12.5 Å². The largest absolute Gasteiger partial charge is 0.459 e. The first-order valence-corrected chi connectivity index (χ1v) is 5.14. The summed E-state index contributed by atoms with van der Waals surface area (Å²) in [6, 6.07) is 1.75. The second kappa shape index (κ2) is 3.70. The summed E-state index contributed by atoms with van der Waals surface area (Å²) in [6.07, 6.45) is 4.23. The van der Waals surface area contributed by atoms with Crippen LogP contribution in [0, 0.1) is 6.92 Å². The number of hydrogen-bond donors (Lipinski definition) is 2. The summed E-state index contributed by atoms with van der Waals surface area (Å²) in [5.41, 5.74) is 0.413. The van der Waals surface area contributed by atoms with Crippen LogP contribution in [0.4, 0.5) is 0 Å². The molecule has 1 aromatic heterocycles. The molecule has 0 atom stereocenters. The molecule has 82 valence electrons. The van der Waals surface area contributed by atoms with E-state index in [2.05, 4.69) is 5.32 Å². The van der Waals surface area contributed by atoms with Crippen LogP contribution in [0.5, 0.6) is 0 Å². The molecule has 0 aromatic carbocycles. The fourth-order valence-corrected chi connectivity index (χ4v) is 1.83. The van der Waals surface area contributed by atoms with Gasteiger partial charge in [0, 0.05) is 5.56 Å². The number of nitrogens with one attached hydrogen (secondary N) is 1. The van der Waals surface area contributed by atoms with Gasteiger partial charge in [0.25, 0.3) is 5.91 Å². The summed E-state index contributed by atoms with van der Waals surface area (Å²) >= 11 is 0. The predicted octanol–water partition coefficient (Wildman–Crippen LogP) is 1.23. The molecule has 2 N–H and O–H groups in total. The molecule has 0 saturated heterocycles. The van der Waals surface area contributed by atoms with E-state index in [1.807, 2.05) is 6.92 Å². The molecule has 1 amide bonds. The number of aryl methyl sites for hydroxylation is 1. The van der Waals surface area contributed by atoms with Crippen molar-refractivity contribution in [1.29, 1.82) is 0 Å². The minimum Gasteiger partial charge on any atom is -0.459 e. The van der Waals surface area contributed by atoms with Crippen molar-refractivity contribution in [3.8, 4) is 0 Å². The molecule has 4 heteroatoms. The van der Waals surface area contributed by atoms with Crippen LogP contribution >= 0.6 is 0 Å². The highest BCUT2D eigenvalue weighted by Crippen LogP contribution is 2.31. The third kappa shape index (κ3) is 1.77. The van der Waals surface area contributed by atoms with Crippen molar-refractivity contribution >= 4 is 5.91 Å². The van der Waals surface area contributed by atoms with Crippen molar-refractivity contribution in [2.24, 2.45) is 0 Å². The van der Waals surface area contributed by atoms with Gasteiger partial charge in [0.15, 0.2) is 5.76 Å². The topological polar surface area (TPSA) is 62.5 Å². The van der Waals surface area contributed by atoms with Crippen molar-refractivity contribution in [2.75, 3.05) is 6.61 Å². The van der Waals surface area contributed by atoms with Crippen LogP contribution in [0.25, 0.3) is 0 Å². The van der Waals surface area contributed by atoms with Crippen molar-refractivity contribution in [1.82, 2.24) is 5.32 Å². The smallest absolute Gasteiger partial charge is 0.287 e. The van der Waals surface area contributed by atoms with E-state index in [4.69, 9.17) is 4.42 Å². The number of aliphatic hydroxyl groups is 1. The number of carbonyl (C=O) groups excluding carboxylic acids is 1. The van der Waals surface area contributed by atoms with Gasteiger partial charge in [0.1, 0.15) is 0 Å². The zero-order chi connectivity index (χ0) is 10.9. The Bertz CT molecular complexity index is 360. The van der Waals surface area contributed by atoms with E-state index >= 15 is 0 Å². The molecule has 15 heavy (non-hydrogen) atoms. The number of hydrogen-bond acceptors (Lipinski definition) is 3. The van der Waals surface area contributed by atoms with Gasteiger partial charge in [-0.15, -0.1) is 0 Å². The number of furan rings is 1. The van der Waals surface area contributed by atoms with Crippen LogP contribution in [-0.2, 0) is 0 Å². The lowest BCUT2D eigenvalue weighted by Gasteiger charge is -2.40. The Morgan fingerprint density at radius 2 is 2.40 bits per heavy atom. The average molecular weight is 209 g/mol. The summed E-state index contributed by atoms with van der Waals surface area (Å²) in [5.74, 6) is 0.112. The van der Waals surface area contributed by atoms with Crippen molar-refractivity contribution < 1.29 is 14.3 Å². The maximum absolute atomic E-state index is 11.8. The van der Waals surface area contributed by atoms with Gasteiger partial charge < -0.3 is 14.8 Å². The highest BCUT2D eigenvalue weighted by Gasteiger charge is 2.38. The van der Waals surface area contributed by atoms with Gasteiger partial charge in [-0.1, -0.05) is 0 Å². The van der Waals surface area contributed by atoms with Crippen molar-refractivity contribution in [3.63, 3.8) is 0 Å². The zero-order valence-corrected chi connectivity index (χ0v) is 8.75. The maximum Gasteiger partial charge on any atom is 0.287 e. The number of aliphatic hydroxyl groups excluding tert-OH is 1. The molecule has 0 unspecified atom stereocenters. The molecule has 1 aromatic rings. The monoisotopic (exact) mass is 209 g/mol. The number of rotatable bonds is 3. The second-order valence-corrected chi connectivity index (χ2v) is 4.18. The van der Waals surface area contributed by atoms with E-state index < -0.39 is 5.54 Å². The lowest BCUT2D eigenvalue weighted by atomic mass is 9.77. The first kappa shape index (κ1) is 10.2. The molecule has 0 aliphatic heterocycles. The summed E-state index contributed by atoms with van der Waals surface area (Å²) < 4.78 is 5.09. The van der Waals surface area contributed by atoms with Crippen LogP contribution in [0.1, 0.15) is 35.4 Å². The van der Waals surface area contributed by atoms with Gasteiger partial charge in [0.2, 0.25) is 0 Å².